The molecule has 4 atom stereocenters. The summed E-state index contributed by atoms with van der Waals surface area (Å²) in [5, 5.41) is 0. The van der Waals surface area contributed by atoms with E-state index in [1.165, 1.54) is 21.7 Å². The van der Waals surface area contributed by atoms with Gasteiger partial charge in [-0.2, -0.15) is 0 Å². The van der Waals surface area contributed by atoms with Gasteiger partial charge in [0.2, 0.25) is 0 Å². The topological polar surface area (TPSA) is 121 Å². The Balaban J connectivity index is 1.43. The van der Waals surface area contributed by atoms with Gasteiger partial charge in [-0.1, -0.05) is 54.6 Å². The molecule has 2 aliphatic heterocycles. The Labute approximate surface area is 247 Å². The molecule has 0 saturated carbocycles. The second-order valence-electron chi connectivity index (χ2n) is 10.3. The summed E-state index contributed by atoms with van der Waals surface area (Å²) in [6, 6.07) is 25.6. The average Bonchev–Trinajstić information content (AvgIpc) is 3.54. The average molecular weight is 586 g/mol. The standard InChI is InChI=1S/C32H31N3O8/c1-34-27-28(43-31(34)38)25(42-29(27)35-18-17-26(36)33-30(35)37)19-41-32(20-7-5-4-6-8-20,21-9-13-23(39-2)14-10-21)22-11-15-24(40-3)16-12-22/h4-18,25,27-29H,19H2,1-3H3,(H,33,36,37)/t25-,27-,28-,29-/m1/s1. The fourth-order valence-corrected chi connectivity index (χ4v) is 5.87. The van der Waals surface area contributed by atoms with Crippen molar-refractivity contribution in [2.24, 2.45) is 0 Å². The number of benzene rings is 3. The Morgan fingerprint density at radius 1 is 0.814 bits per heavy atom. The van der Waals surface area contributed by atoms with Gasteiger partial charge in [0.15, 0.2) is 12.3 Å². The molecule has 0 radical (unpaired) electrons. The molecule has 11 nitrogen and oxygen atoms in total. The molecule has 2 aliphatic rings. The van der Waals surface area contributed by atoms with E-state index in [4.69, 9.17) is 23.7 Å². The van der Waals surface area contributed by atoms with E-state index in [1.807, 2.05) is 78.9 Å². The number of methoxy groups -OCH3 is 2. The van der Waals surface area contributed by atoms with Crippen LogP contribution in [0.15, 0.2) is 101 Å². The summed E-state index contributed by atoms with van der Waals surface area (Å²) in [5.74, 6) is 1.38. The molecule has 4 aromatic rings. The molecule has 6 rings (SSSR count). The molecule has 222 valence electrons. The Morgan fingerprint density at radius 3 is 1.95 bits per heavy atom. The number of hydrogen-bond donors (Lipinski definition) is 1. The van der Waals surface area contributed by atoms with Crippen molar-refractivity contribution in [1.82, 2.24) is 14.5 Å². The van der Waals surface area contributed by atoms with E-state index in [9.17, 15) is 14.4 Å². The van der Waals surface area contributed by atoms with Crippen molar-refractivity contribution in [2.45, 2.75) is 30.1 Å². The van der Waals surface area contributed by atoms with Gasteiger partial charge in [0.1, 0.15) is 29.2 Å². The van der Waals surface area contributed by atoms with Crippen molar-refractivity contribution in [1.29, 1.82) is 0 Å². The van der Waals surface area contributed by atoms with Gasteiger partial charge in [-0.25, -0.2) is 9.59 Å². The van der Waals surface area contributed by atoms with Crippen LogP contribution in [0.4, 0.5) is 4.79 Å². The fourth-order valence-electron chi connectivity index (χ4n) is 5.87. The second kappa shape index (κ2) is 11.4. The number of likely N-dealkylation sites (N-methyl/N-ethyl adjacent to an activating group) is 1. The minimum absolute atomic E-state index is 0.0101. The number of rotatable bonds is 9. The summed E-state index contributed by atoms with van der Waals surface area (Å²) in [4.78, 5) is 40.8. The van der Waals surface area contributed by atoms with Gasteiger partial charge >= 0.3 is 11.8 Å². The Morgan fingerprint density at radius 2 is 1.40 bits per heavy atom. The smallest absolute Gasteiger partial charge is 0.410 e. The van der Waals surface area contributed by atoms with Gasteiger partial charge in [-0.3, -0.25) is 19.2 Å². The number of carbonyl (C=O) groups excluding carboxylic acids is 1. The number of nitrogens with one attached hydrogen (secondary N) is 1. The summed E-state index contributed by atoms with van der Waals surface area (Å²) in [7, 11) is 4.81. The molecule has 3 aromatic carbocycles. The number of hydrogen-bond acceptors (Lipinski definition) is 8. The molecule has 1 N–H and O–H groups in total. The van der Waals surface area contributed by atoms with Crippen molar-refractivity contribution in [3.63, 3.8) is 0 Å². The van der Waals surface area contributed by atoms with E-state index in [0.717, 1.165) is 16.7 Å². The molecule has 0 bridgehead atoms. The van der Waals surface area contributed by atoms with Gasteiger partial charge in [0.25, 0.3) is 5.56 Å². The van der Waals surface area contributed by atoms with Crippen molar-refractivity contribution in [2.75, 3.05) is 27.9 Å². The summed E-state index contributed by atoms with van der Waals surface area (Å²) in [6.45, 7) is -0.0101. The SMILES string of the molecule is COc1ccc(C(OC[C@H]2O[C@@H](n3ccc(=O)[nH]c3=O)[C@H]3[C@@H]2OC(=O)N3C)(c2ccccc2)c2ccc(OC)cc2)cc1. The largest absolute Gasteiger partial charge is 0.497 e. The maximum atomic E-state index is 12.7. The van der Waals surface area contributed by atoms with Crippen molar-refractivity contribution in [3.05, 3.63) is 129 Å². The number of aromatic nitrogens is 2. The minimum atomic E-state index is -1.12. The highest BCUT2D eigenvalue weighted by atomic mass is 16.6. The molecule has 2 saturated heterocycles. The van der Waals surface area contributed by atoms with Crippen LogP contribution in [0.25, 0.3) is 0 Å². The normalized spacial score (nSPS) is 21.4. The number of nitrogens with zero attached hydrogens (tertiary/aromatic N) is 2. The van der Waals surface area contributed by atoms with E-state index in [1.54, 1.807) is 21.3 Å². The van der Waals surface area contributed by atoms with Crippen molar-refractivity contribution >= 4 is 6.09 Å². The summed E-state index contributed by atoms with van der Waals surface area (Å²) < 4.78 is 31.2. The molecular weight excluding hydrogens is 554 g/mol. The number of ether oxygens (including phenoxy) is 5. The van der Waals surface area contributed by atoms with Gasteiger partial charge in [0.05, 0.1) is 20.8 Å². The first-order chi connectivity index (χ1) is 20.8. The highest BCUT2D eigenvalue weighted by molar-refractivity contribution is 5.70. The molecule has 43 heavy (non-hydrogen) atoms. The lowest BCUT2D eigenvalue weighted by Gasteiger charge is -2.37. The lowest BCUT2D eigenvalue weighted by molar-refractivity contribution is -0.1000. The second-order valence-corrected chi connectivity index (χ2v) is 10.3. The van der Waals surface area contributed by atoms with Crippen LogP contribution in [0, 0.1) is 0 Å². The number of amides is 1. The third-order valence-corrected chi connectivity index (χ3v) is 8.04. The first-order valence-corrected chi connectivity index (χ1v) is 13.7. The first-order valence-electron chi connectivity index (χ1n) is 13.7. The van der Waals surface area contributed by atoms with E-state index in [-0.39, 0.29) is 6.61 Å². The summed E-state index contributed by atoms with van der Waals surface area (Å²) >= 11 is 0. The molecule has 2 fully saturated rings. The zero-order valence-corrected chi connectivity index (χ0v) is 23.8. The van der Waals surface area contributed by atoms with Crippen LogP contribution in [-0.4, -0.2) is 66.7 Å². The van der Waals surface area contributed by atoms with Gasteiger partial charge in [-0.15, -0.1) is 0 Å². The third-order valence-electron chi connectivity index (χ3n) is 8.04. The molecule has 1 amide bonds. The van der Waals surface area contributed by atoms with E-state index >= 15 is 0 Å². The van der Waals surface area contributed by atoms with Crippen LogP contribution in [0.5, 0.6) is 11.5 Å². The first kappa shape index (κ1) is 28.3. The van der Waals surface area contributed by atoms with Crippen LogP contribution >= 0.6 is 0 Å². The van der Waals surface area contributed by atoms with Crippen LogP contribution in [-0.2, 0) is 19.8 Å². The molecular formula is C32H31N3O8. The van der Waals surface area contributed by atoms with Crippen LogP contribution in [0.2, 0.25) is 0 Å². The zero-order valence-electron chi connectivity index (χ0n) is 23.8. The number of aromatic amines is 1. The lowest BCUT2D eigenvalue weighted by atomic mass is 9.80. The predicted molar refractivity (Wildman–Crippen MR) is 155 cm³/mol. The number of fused-ring (bicyclic) bond motifs is 1. The van der Waals surface area contributed by atoms with E-state index in [0.29, 0.717) is 11.5 Å². The Kier molecular flexibility index (Phi) is 7.51. The molecule has 3 heterocycles. The Bertz CT molecular complexity index is 1650. The maximum absolute atomic E-state index is 12.7. The number of carbonyl (C=O) groups is 1. The quantitative estimate of drug-likeness (QED) is 0.297. The predicted octanol–water partition coefficient (Wildman–Crippen LogP) is 3.28. The number of H-pyrrole nitrogens is 1. The highest BCUT2D eigenvalue weighted by Gasteiger charge is 2.56. The highest BCUT2D eigenvalue weighted by Crippen LogP contribution is 2.44. The molecule has 0 unspecified atom stereocenters. The monoisotopic (exact) mass is 585 g/mol. The molecule has 1 aromatic heterocycles. The zero-order chi connectivity index (χ0) is 30.1. The van der Waals surface area contributed by atoms with Crippen LogP contribution < -0.4 is 20.7 Å². The van der Waals surface area contributed by atoms with Gasteiger partial charge in [-0.05, 0) is 41.0 Å². The minimum Gasteiger partial charge on any atom is -0.497 e. The Hall–Kier alpha value is -4.87. The third kappa shape index (κ3) is 4.96. The summed E-state index contributed by atoms with van der Waals surface area (Å²) in [5.41, 5.74) is 0.199. The fraction of sp³-hybridized carbons (Fsp3) is 0.281. The van der Waals surface area contributed by atoms with Gasteiger partial charge < -0.3 is 23.7 Å². The summed E-state index contributed by atoms with van der Waals surface area (Å²) in [6.07, 6.45) is -1.58. The maximum Gasteiger partial charge on any atom is 0.410 e. The van der Waals surface area contributed by atoms with E-state index in [2.05, 4.69) is 4.98 Å². The molecule has 0 aliphatic carbocycles. The van der Waals surface area contributed by atoms with Crippen LogP contribution in [0.1, 0.15) is 22.9 Å². The molecule has 0 spiro atoms. The van der Waals surface area contributed by atoms with Gasteiger partial charge in [0, 0.05) is 19.3 Å². The molecule has 11 heteroatoms. The van der Waals surface area contributed by atoms with Crippen LogP contribution in [0.3, 0.4) is 0 Å². The van der Waals surface area contributed by atoms with Crippen molar-refractivity contribution in [3.8, 4) is 11.5 Å². The van der Waals surface area contributed by atoms with Crippen molar-refractivity contribution < 1.29 is 28.5 Å². The van der Waals surface area contributed by atoms with E-state index < -0.39 is 47.4 Å². The lowest BCUT2D eigenvalue weighted by Crippen LogP contribution is -2.42.